The van der Waals surface area contributed by atoms with E-state index in [0.717, 1.165) is 26.4 Å². The molecule has 2 aromatic heterocycles. The van der Waals surface area contributed by atoms with Crippen molar-refractivity contribution in [1.82, 2.24) is 4.98 Å². The molecule has 7 heteroatoms. The van der Waals surface area contributed by atoms with Crippen molar-refractivity contribution in [1.29, 1.82) is 0 Å². The molecule has 0 saturated heterocycles. The number of fused-ring (bicyclic) bond motifs is 1. The SMILES string of the molecule is COc1cc2sc(C(O)CCC(=O)OC(C)(C)C)cc2nc1N=C(c1ccccc1)c1ccccc1. The van der Waals surface area contributed by atoms with Crippen molar-refractivity contribution in [2.45, 2.75) is 45.3 Å². The fourth-order valence-corrected chi connectivity index (χ4v) is 4.79. The van der Waals surface area contributed by atoms with Gasteiger partial charge in [0.15, 0.2) is 11.6 Å². The Hall–Kier alpha value is -3.55. The Bertz CT molecular complexity index is 1320. The average Bonchev–Trinajstić information content (AvgIpc) is 3.28. The molecule has 2 aromatic carbocycles. The molecule has 4 rings (SSSR count). The molecule has 0 aliphatic rings. The molecule has 186 valence electrons. The van der Waals surface area contributed by atoms with Crippen LogP contribution in [0.1, 0.15) is 55.7 Å². The van der Waals surface area contributed by atoms with Gasteiger partial charge in [-0.1, -0.05) is 60.7 Å². The summed E-state index contributed by atoms with van der Waals surface area (Å²) in [5.74, 6) is 0.678. The van der Waals surface area contributed by atoms with Crippen LogP contribution in [0.15, 0.2) is 77.8 Å². The van der Waals surface area contributed by atoms with Crippen molar-refractivity contribution in [3.63, 3.8) is 0 Å². The van der Waals surface area contributed by atoms with E-state index in [1.165, 1.54) is 11.3 Å². The normalized spacial score (nSPS) is 12.2. The molecule has 0 aliphatic carbocycles. The second-order valence-electron chi connectivity index (χ2n) is 9.38. The Morgan fingerprint density at radius 1 is 1.03 bits per heavy atom. The lowest BCUT2D eigenvalue weighted by atomic mass is 10.0. The Labute approximate surface area is 215 Å². The molecule has 0 radical (unpaired) electrons. The number of methoxy groups -OCH3 is 1. The minimum absolute atomic E-state index is 0.135. The van der Waals surface area contributed by atoms with Gasteiger partial charge in [0.1, 0.15) is 5.60 Å². The molecule has 6 nitrogen and oxygen atoms in total. The van der Waals surface area contributed by atoms with E-state index in [0.29, 0.717) is 17.1 Å². The lowest BCUT2D eigenvalue weighted by Gasteiger charge is -2.19. The molecule has 0 saturated carbocycles. The first-order valence-electron chi connectivity index (χ1n) is 11.8. The summed E-state index contributed by atoms with van der Waals surface area (Å²) in [6, 6.07) is 23.7. The first-order valence-corrected chi connectivity index (χ1v) is 12.6. The van der Waals surface area contributed by atoms with E-state index in [-0.39, 0.29) is 18.8 Å². The van der Waals surface area contributed by atoms with E-state index in [9.17, 15) is 9.90 Å². The number of aliphatic imine (C=N–C) groups is 1. The number of rotatable bonds is 8. The van der Waals surface area contributed by atoms with Crippen LogP contribution < -0.4 is 4.74 Å². The van der Waals surface area contributed by atoms with Crippen LogP contribution >= 0.6 is 11.3 Å². The van der Waals surface area contributed by atoms with Gasteiger partial charge in [-0.15, -0.1) is 11.3 Å². The predicted molar refractivity (Wildman–Crippen MR) is 144 cm³/mol. The number of aliphatic hydroxyl groups is 1. The third-order valence-electron chi connectivity index (χ3n) is 5.37. The van der Waals surface area contributed by atoms with E-state index < -0.39 is 11.7 Å². The standard InChI is InChI=1S/C29H30N2O4S/c1-29(2,3)35-26(33)16-15-22(32)25-17-21-24(36-25)18-23(34-4)28(30-21)31-27(19-11-7-5-8-12-19)20-13-9-6-10-14-20/h5-14,17-18,22,32H,15-16H2,1-4H3. The van der Waals surface area contributed by atoms with Gasteiger partial charge in [0.05, 0.1) is 29.1 Å². The molecule has 0 bridgehead atoms. The van der Waals surface area contributed by atoms with Crippen LogP contribution in [0, 0.1) is 0 Å². The van der Waals surface area contributed by atoms with E-state index in [1.807, 2.05) is 93.6 Å². The van der Waals surface area contributed by atoms with Gasteiger partial charge in [-0.2, -0.15) is 0 Å². The highest BCUT2D eigenvalue weighted by Gasteiger charge is 2.20. The number of nitrogens with zero attached hydrogens (tertiary/aromatic N) is 2. The first kappa shape index (κ1) is 25.5. The van der Waals surface area contributed by atoms with Crippen molar-refractivity contribution in [2.24, 2.45) is 4.99 Å². The smallest absolute Gasteiger partial charge is 0.306 e. The third kappa shape index (κ3) is 6.36. The molecule has 2 heterocycles. The van der Waals surface area contributed by atoms with Gasteiger partial charge in [-0.05, 0) is 33.3 Å². The summed E-state index contributed by atoms with van der Waals surface area (Å²) in [6.07, 6.45) is -0.383. The van der Waals surface area contributed by atoms with Crippen LogP contribution in [0.2, 0.25) is 0 Å². The Balaban J connectivity index is 1.66. The van der Waals surface area contributed by atoms with Crippen LogP contribution in [0.3, 0.4) is 0 Å². The van der Waals surface area contributed by atoms with Crippen LogP contribution in [-0.4, -0.2) is 34.5 Å². The number of pyridine rings is 1. The second kappa shape index (κ2) is 11.0. The lowest BCUT2D eigenvalue weighted by Crippen LogP contribution is -2.23. The number of carbonyl (C=O) groups excluding carboxylic acids is 1. The van der Waals surface area contributed by atoms with E-state index >= 15 is 0 Å². The summed E-state index contributed by atoms with van der Waals surface area (Å²) >= 11 is 1.43. The zero-order valence-electron chi connectivity index (χ0n) is 20.9. The van der Waals surface area contributed by atoms with Gasteiger partial charge in [0.25, 0.3) is 0 Å². The van der Waals surface area contributed by atoms with Crippen LogP contribution in [0.25, 0.3) is 10.2 Å². The lowest BCUT2D eigenvalue weighted by molar-refractivity contribution is -0.155. The fraction of sp³-hybridized carbons (Fsp3) is 0.276. The Morgan fingerprint density at radius 2 is 1.64 bits per heavy atom. The molecule has 4 aromatic rings. The molecular weight excluding hydrogens is 472 g/mol. The fourth-order valence-electron chi connectivity index (χ4n) is 3.74. The van der Waals surface area contributed by atoms with Crippen molar-refractivity contribution < 1.29 is 19.4 Å². The third-order valence-corrected chi connectivity index (χ3v) is 6.54. The highest BCUT2D eigenvalue weighted by molar-refractivity contribution is 7.19. The maximum Gasteiger partial charge on any atom is 0.306 e. The monoisotopic (exact) mass is 502 g/mol. The summed E-state index contributed by atoms with van der Waals surface area (Å²) in [5.41, 5.74) is 2.89. The molecule has 0 amide bonds. The maximum atomic E-state index is 12.1. The van der Waals surface area contributed by atoms with Gasteiger partial charge in [0, 0.05) is 28.5 Å². The van der Waals surface area contributed by atoms with Crippen LogP contribution in [0.4, 0.5) is 5.82 Å². The van der Waals surface area contributed by atoms with Gasteiger partial charge in [-0.25, -0.2) is 9.98 Å². The highest BCUT2D eigenvalue weighted by atomic mass is 32.1. The minimum atomic E-state index is -0.793. The minimum Gasteiger partial charge on any atom is -0.493 e. The molecule has 1 N–H and O–H groups in total. The van der Waals surface area contributed by atoms with Gasteiger partial charge >= 0.3 is 5.97 Å². The zero-order valence-corrected chi connectivity index (χ0v) is 21.7. The summed E-state index contributed by atoms with van der Waals surface area (Å²) in [6.45, 7) is 5.48. The quantitative estimate of drug-likeness (QED) is 0.216. The molecular formula is C29H30N2O4S. The van der Waals surface area contributed by atoms with Crippen LogP contribution in [-0.2, 0) is 9.53 Å². The van der Waals surface area contributed by atoms with Gasteiger partial charge in [0.2, 0.25) is 0 Å². The topological polar surface area (TPSA) is 81.0 Å². The summed E-state index contributed by atoms with van der Waals surface area (Å²) < 4.78 is 11.9. The number of hydrogen-bond acceptors (Lipinski definition) is 7. The summed E-state index contributed by atoms with van der Waals surface area (Å²) in [5, 5.41) is 10.7. The van der Waals surface area contributed by atoms with E-state index in [4.69, 9.17) is 19.5 Å². The number of ether oxygens (including phenoxy) is 2. The van der Waals surface area contributed by atoms with E-state index in [1.54, 1.807) is 7.11 Å². The number of aromatic nitrogens is 1. The molecule has 0 fully saturated rings. The van der Waals surface area contributed by atoms with Crippen molar-refractivity contribution in [3.05, 3.63) is 88.8 Å². The Kier molecular flexibility index (Phi) is 7.82. The number of esters is 1. The average molecular weight is 503 g/mol. The summed E-state index contributed by atoms with van der Waals surface area (Å²) in [7, 11) is 1.59. The molecule has 36 heavy (non-hydrogen) atoms. The highest BCUT2D eigenvalue weighted by Crippen LogP contribution is 2.37. The largest absolute Gasteiger partial charge is 0.493 e. The molecule has 0 spiro atoms. The number of thiophene rings is 1. The molecule has 0 aliphatic heterocycles. The van der Waals surface area contributed by atoms with Crippen molar-refractivity contribution >= 4 is 39.1 Å². The molecule has 1 unspecified atom stereocenters. The number of carbonyl (C=O) groups is 1. The molecule has 1 atom stereocenters. The van der Waals surface area contributed by atoms with E-state index in [2.05, 4.69) is 0 Å². The zero-order chi connectivity index (χ0) is 25.7. The van der Waals surface area contributed by atoms with Gasteiger partial charge < -0.3 is 14.6 Å². The maximum absolute atomic E-state index is 12.1. The predicted octanol–water partition coefficient (Wildman–Crippen LogP) is 6.63. The first-order chi connectivity index (χ1) is 17.2. The van der Waals surface area contributed by atoms with Crippen molar-refractivity contribution in [2.75, 3.05) is 7.11 Å². The Morgan fingerprint density at radius 3 is 2.19 bits per heavy atom. The number of aliphatic hydroxyl groups excluding tert-OH is 1. The number of benzene rings is 2. The van der Waals surface area contributed by atoms with Crippen molar-refractivity contribution in [3.8, 4) is 5.75 Å². The van der Waals surface area contributed by atoms with Crippen LogP contribution in [0.5, 0.6) is 5.75 Å². The number of hydrogen-bond donors (Lipinski definition) is 1. The summed E-state index contributed by atoms with van der Waals surface area (Å²) in [4.78, 5) is 22.5. The second-order valence-corrected chi connectivity index (χ2v) is 10.5. The van der Waals surface area contributed by atoms with Gasteiger partial charge in [-0.3, -0.25) is 4.79 Å².